The van der Waals surface area contributed by atoms with Gasteiger partial charge in [-0.15, -0.1) is 0 Å². The lowest BCUT2D eigenvalue weighted by molar-refractivity contribution is 0.0213. The van der Waals surface area contributed by atoms with E-state index in [4.69, 9.17) is 21.1 Å². The van der Waals surface area contributed by atoms with Gasteiger partial charge in [-0.05, 0) is 54.7 Å². The van der Waals surface area contributed by atoms with Crippen molar-refractivity contribution in [3.8, 4) is 0 Å². The number of likely N-dealkylation sites (tertiary alicyclic amines) is 1. The summed E-state index contributed by atoms with van der Waals surface area (Å²) < 4.78 is 12.0. The molecule has 1 fully saturated rings. The summed E-state index contributed by atoms with van der Waals surface area (Å²) in [5.41, 5.74) is 0.334. The standard InChI is InChI=1S/C15H21BrClN3O3/c1-15(2,3)23-14(21)20-6-4-10(9-20)22-7-5-12-11(16)8-18-13(17)19-12/h8,10H,4-7,9H2,1-3H3. The summed E-state index contributed by atoms with van der Waals surface area (Å²) in [7, 11) is 0. The van der Waals surface area contributed by atoms with Gasteiger partial charge < -0.3 is 14.4 Å². The quantitative estimate of drug-likeness (QED) is 0.717. The Kier molecular flexibility index (Phi) is 6.22. The SMILES string of the molecule is CC(C)(C)OC(=O)N1CCC(OCCc2nc(Cl)ncc2Br)C1. The van der Waals surface area contributed by atoms with Crippen LogP contribution in [0.3, 0.4) is 0 Å². The average Bonchev–Trinajstić information content (AvgIpc) is 2.90. The highest BCUT2D eigenvalue weighted by molar-refractivity contribution is 9.10. The van der Waals surface area contributed by atoms with E-state index in [1.165, 1.54) is 0 Å². The molecule has 128 valence electrons. The molecule has 1 atom stereocenters. The van der Waals surface area contributed by atoms with Gasteiger partial charge in [0.15, 0.2) is 0 Å². The van der Waals surface area contributed by atoms with Crippen LogP contribution < -0.4 is 0 Å². The number of hydrogen-bond donors (Lipinski definition) is 0. The Morgan fingerprint density at radius 3 is 2.96 bits per heavy atom. The molecule has 0 radical (unpaired) electrons. The minimum absolute atomic E-state index is 0.0265. The molecule has 2 rings (SSSR count). The van der Waals surface area contributed by atoms with Crippen LogP contribution in [0, 0.1) is 0 Å². The summed E-state index contributed by atoms with van der Waals surface area (Å²) in [5.74, 6) is 0. The number of nitrogens with zero attached hydrogens (tertiary/aromatic N) is 3. The molecule has 1 unspecified atom stereocenters. The first kappa shape index (κ1) is 18.4. The Hall–Kier alpha value is -0.920. The second-order valence-corrected chi connectivity index (χ2v) is 7.58. The summed E-state index contributed by atoms with van der Waals surface area (Å²) in [6.45, 7) is 7.31. The van der Waals surface area contributed by atoms with Gasteiger partial charge in [0.05, 0.1) is 29.4 Å². The predicted octanol–water partition coefficient (Wildman–Crippen LogP) is 3.46. The van der Waals surface area contributed by atoms with E-state index in [9.17, 15) is 4.79 Å². The molecule has 0 spiro atoms. The monoisotopic (exact) mass is 405 g/mol. The van der Waals surface area contributed by atoms with Crippen LogP contribution in [0.25, 0.3) is 0 Å². The van der Waals surface area contributed by atoms with Crippen LogP contribution in [-0.4, -0.2) is 52.4 Å². The van der Waals surface area contributed by atoms with Crippen LogP contribution >= 0.6 is 27.5 Å². The first-order valence-corrected chi connectivity index (χ1v) is 8.68. The lowest BCUT2D eigenvalue weighted by Crippen LogP contribution is -2.36. The van der Waals surface area contributed by atoms with E-state index in [1.807, 2.05) is 20.8 Å². The molecular formula is C15H21BrClN3O3. The van der Waals surface area contributed by atoms with Gasteiger partial charge in [0.1, 0.15) is 5.60 Å². The van der Waals surface area contributed by atoms with Crippen molar-refractivity contribution in [2.45, 2.75) is 45.3 Å². The molecule has 1 aliphatic rings. The van der Waals surface area contributed by atoms with Crippen molar-refractivity contribution in [3.05, 3.63) is 21.6 Å². The van der Waals surface area contributed by atoms with Crippen LogP contribution in [0.15, 0.2) is 10.7 Å². The molecule has 0 N–H and O–H groups in total. The van der Waals surface area contributed by atoms with Gasteiger partial charge in [0.2, 0.25) is 5.28 Å². The van der Waals surface area contributed by atoms with Crippen molar-refractivity contribution in [2.75, 3.05) is 19.7 Å². The third kappa shape index (κ3) is 5.90. The number of carbonyl (C=O) groups excluding carboxylic acids is 1. The minimum atomic E-state index is -0.478. The van der Waals surface area contributed by atoms with Gasteiger partial charge in [0, 0.05) is 19.2 Å². The number of halogens is 2. The molecule has 1 saturated heterocycles. The van der Waals surface area contributed by atoms with Crippen molar-refractivity contribution < 1.29 is 14.3 Å². The Morgan fingerprint density at radius 1 is 1.52 bits per heavy atom. The van der Waals surface area contributed by atoms with E-state index < -0.39 is 5.60 Å². The second kappa shape index (κ2) is 7.77. The van der Waals surface area contributed by atoms with E-state index in [-0.39, 0.29) is 17.5 Å². The lowest BCUT2D eigenvalue weighted by atomic mass is 10.2. The van der Waals surface area contributed by atoms with Gasteiger partial charge in [-0.1, -0.05) is 0 Å². The molecule has 2 heterocycles. The molecule has 1 amide bonds. The zero-order valence-electron chi connectivity index (χ0n) is 13.5. The van der Waals surface area contributed by atoms with E-state index in [0.717, 1.165) is 16.6 Å². The number of amides is 1. The lowest BCUT2D eigenvalue weighted by Gasteiger charge is -2.24. The summed E-state index contributed by atoms with van der Waals surface area (Å²) >= 11 is 9.18. The Morgan fingerprint density at radius 2 is 2.26 bits per heavy atom. The summed E-state index contributed by atoms with van der Waals surface area (Å²) in [6.07, 6.45) is 2.81. The number of ether oxygens (including phenoxy) is 2. The van der Waals surface area contributed by atoms with Crippen LogP contribution in [-0.2, 0) is 15.9 Å². The van der Waals surface area contributed by atoms with Crippen LogP contribution in [0.5, 0.6) is 0 Å². The maximum atomic E-state index is 12.0. The van der Waals surface area contributed by atoms with Crippen molar-refractivity contribution in [2.24, 2.45) is 0 Å². The highest BCUT2D eigenvalue weighted by atomic mass is 79.9. The molecule has 1 aliphatic heterocycles. The summed E-state index contributed by atoms with van der Waals surface area (Å²) in [4.78, 5) is 21.7. The van der Waals surface area contributed by atoms with Gasteiger partial charge in [-0.25, -0.2) is 14.8 Å². The molecule has 0 aliphatic carbocycles. The Balaban J connectivity index is 1.76. The fraction of sp³-hybridized carbons (Fsp3) is 0.667. The van der Waals surface area contributed by atoms with Crippen LogP contribution in [0.2, 0.25) is 5.28 Å². The van der Waals surface area contributed by atoms with E-state index in [1.54, 1.807) is 11.1 Å². The van der Waals surface area contributed by atoms with Crippen molar-refractivity contribution in [1.82, 2.24) is 14.9 Å². The molecule has 0 saturated carbocycles. The fourth-order valence-electron chi connectivity index (χ4n) is 2.23. The highest BCUT2D eigenvalue weighted by Gasteiger charge is 2.30. The molecule has 6 nitrogen and oxygen atoms in total. The number of carbonyl (C=O) groups is 1. The van der Waals surface area contributed by atoms with Crippen molar-refractivity contribution in [1.29, 1.82) is 0 Å². The number of hydrogen-bond acceptors (Lipinski definition) is 5. The average molecular weight is 407 g/mol. The minimum Gasteiger partial charge on any atom is -0.444 e. The van der Waals surface area contributed by atoms with Crippen molar-refractivity contribution in [3.63, 3.8) is 0 Å². The summed E-state index contributed by atoms with van der Waals surface area (Å²) in [6, 6.07) is 0. The maximum Gasteiger partial charge on any atom is 0.410 e. The van der Waals surface area contributed by atoms with Gasteiger partial charge >= 0.3 is 6.09 Å². The third-order valence-electron chi connectivity index (χ3n) is 3.28. The maximum absolute atomic E-state index is 12.0. The second-order valence-electron chi connectivity index (χ2n) is 6.39. The first-order chi connectivity index (χ1) is 10.7. The summed E-state index contributed by atoms with van der Waals surface area (Å²) in [5, 5.41) is 0.222. The van der Waals surface area contributed by atoms with E-state index >= 15 is 0 Å². The molecule has 1 aromatic rings. The number of aromatic nitrogens is 2. The van der Waals surface area contributed by atoms with E-state index in [2.05, 4.69) is 25.9 Å². The van der Waals surface area contributed by atoms with E-state index in [0.29, 0.717) is 26.1 Å². The fourth-order valence-corrected chi connectivity index (χ4v) is 2.77. The predicted molar refractivity (Wildman–Crippen MR) is 90.6 cm³/mol. The smallest absolute Gasteiger partial charge is 0.410 e. The zero-order valence-corrected chi connectivity index (χ0v) is 15.9. The topological polar surface area (TPSA) is 64.5 Å². The molecule has 23 heavy (non-hydrogen) atoms. The Labute approximate surface area is 149 Å². The first-order valence-electron chi connectivity index (χ1n) is 7.51. The van der Waals surface area contributed by atoms with Crippen molar-refractivity contribution >= 4 is 33.6 Å². The third-order valence-corrected chi connectivity index (χ3v) is 4.12. The Bertz CT molecular complexity index is 565. The van der Waals surface area contributed by atoms with Crippen LogP contribution in [0.4, 0.5) is 4.79 Å². The molecule has 8 heteroatoms. The normalized spacial score (nSPS) is 18.3. The van der Waals surface area contributed by atoms with Gasteiger partial charge in [0.25, 0.3) is 0 Å². The molecule has 0 aromatic carbocycles. The molecular weight excluding hydrogens is 386 g/mol. The van der Waals surface area contributed by atoms with Crippen LogP contribution in [0.1, 0.15) is 32.9 Å². The zero-order chi connectivity index (χ0) is 17.0. The molecule has 0 bridgehead atoms. The largest absolute Gasteiger partial charge is 0.444 e. The molecule has 1 aromatic heterocycles. The highest BCUT2D eigenvalue weighted by Crippen LogP contribution is 2.19. The van der Waals surface area contributed by atoms with Gasteiger partial charge in [-0.3, -0.25) is 0 Å². The number of rotatable bonds is 4. The van der Waals surface area contributed by atoms with Gasteiger partial charge in [-0.2, -0.15) is 0 Å².